The van der Waals surface area contributed by atoms with Crippen LogP contribution in [0.3, 0.4) is 0 Å². The Balaban J connectivity index is 0. The molecular formula is C2H11Cl3. The Bertz CT molecular complexity index is 4.85. The SMILES string of the molecule is C.C.Cl.Cl.Cl. The highest BCUT2D eigenvalue weighted by Gasteiger charge is -0.0765. The summed E-state index contributed by atoms with van der Waals surface area (Å²) in [6.45, 7) is 0. The van der Waals surface area contributed by atoms with E-state index in [4.69, 9.17) is 0 Å². The summed E-state index contributed by atoms with van der Waals surface area (Å²) in [5, 5.41) is 0. The molecule has 0 aromatic rings. The zero-order chi connectivity index (χ0) is 0. The average molecular weight is 141 g/mol. The van der Waals surface area contributed by atoms with Crippen molar-refractivity contribution in [2.45, 2.75) is 14.9 Å². The summed E-state index contributed by atoms with van der Waals surface area (Å²) in [6.07, 6.45) is 0. The van der Waals surface area contributed by atoms with Crippen LogP contribution in [-0.4, -0.2) is 0 Å². The summed E-state index contributed by atoms with van der Waals surface area (Å²) < 4.78 is 0. The highest BCUT2D eigenvalue weighted by Crippen LogP contribution is 0.692. The molecule has 0 N–H and O–H groups in total. The molecule has 0 radical (unpaired) electrons. The van der Waals surface area contributed by atoms with Crippen LogP contribution >= 0.6 is 37.2 Å². The molecule has 0 bridgehead atoms. The zero-order valence-electron chi connectivity index (χ0n) is 1.22. The van der Waals surface area contributed by atoms with E-state index in [1.807, 2.05) is 0 Å². The Morgan fingerprint density at radius 3 is 0.400 bits per heavy atom. The molecule has 3 heteroatoms. The largest absolute Gasteiger partial charge is 0.147 e. The van der Waals surface area contributed by atoms with Crippen molar-refractivity contribution < 1.29 is 0 Å². The first kappa shape index (κ1) is 184. The second-order valence-corrected chi connectivity index (χ2v) is 0. The molecule has 0 aromatic heterocycles. The Morgan fingerprint density at radius 2 is 0.400 bits per heavy atom. The number of halogens is 3. The van der Waals surface area contributed by atoms with Crippen molar-refractivity contribution >= 4 is 37.2 Å². The maximum Gasteiger partial charge on any atom is -0.0776 e. The lowest BCUT2D eigenvalue weighted by Crippen LogP contribution is 0.143. The Morgan fingerprint density at radius 1 is 0.400 bits per heavy atom. The molecule has 0 fully saturated rings. The van der Waals surface area contributed by atoms with Gasteiger partial charge in [0.25, 0.3) is 0 Å². The quantitative estimate of drug-likeness (QED) is 0.486. The van der Waals surface area contributed by atoms with E-state index in [1.54, 1.807) is 0 Å². The fourth-order valence-electron chi connectivity index (χ4n) is 0. The van der Waals surface area contributed by atoms with Gasteiger partial charge in [0.2, 0.25) is 0 Å². The maximum atomic E-state index is 0. The molecule has 0 atom stereocenters. The van der Waals surface area contributed by atoms with Crippen molar-refractivity contribution in [3.05, 3.63) is 0 Å². The minimum absolute atomic E-state index is 0. The first-order valence-electron chi connectivity index (χ1n) is 0. The number of rotatable bonds is 0. The van der Waals surface area contributed by atoms with Crippen molar-refractivity contribution in [3.8, 4) is 0 Å². The molecule has 0 aliphatic carbocycles. The third-order valence-corrected chi connectivity index (χ3v) is 0. The van der Waals surface area contributed by atoms with Crippen molar-refractivity contribution in [2.24, 2.45) is 0 Å². The van der Waals surface area contributed by atoms with Crippen LogP contribution in [0.2, 0.25) is 0 Å². The zero-order valence-corrected chi connectivity index (χ0v) is 3.67. The van der Waals surface area contributed by atoms with Gasteiger partial charge >= 0.3 is 0 Å². The van der Waals surface area contributed by atoms with Crippen molar-refractivity contribution in [3.63, 3.8) is 0 Å². The van der Waals surface area contributed by atoms with Crippen LogP contribution in [-0.2, 0) is 0 Å². The minimum Gasteiger partial charge on any atom is -0.147 e. The van der Waals surface area contributed by atoms with Gasteiger partial charge in [-0.2, -0.15) is 0 Å². The molecule has 0 heterocycles. The highest BCUT2D eigenvalue weighted by atomic mass is 35.5. The summed E-state index contributed by atoms with van der Waals surface area (Å²) in [7, 11) is 0. The van der Waals surface area contributed by atoms with E-state index in [0.717, 1.165) is 0 Å². The number of hydrogen-bond donors (Lipinski definition) is 0. The summed E-state index contributed by atoms with van der Waals surface area (Å²) >= 11 is 0. The molecule has 0 rings (SSSR count). The lowest BCUT2D eigenvalue weighted by atomic mass is 12.0. The van der Waals surface area contributed by atoms with Crippen LogP contribution in [0.5, 0.6) is 0 Å². The molecule has 0 aliphatic heterocycles. The summed E-state index contributed by atoms with van der Waals surface area (Å²) in [5.74, 6) is 0. The fraction of sp³-hybridized carbons (Fsp3) is 1.00. The van der Waals surface area contributed by atoms with Crippen LogP contribution in [0.1, 0.15) is 14.9 Å². The Labute approximate surface area is 52.6 Å². The highest BCUT2D eigenvalue weighted by molar-refractivity contribution is 5.86. The number of hydrogen-bond acceptors (Lipinski definition) is 0. The van der Waals surface area contributed by atoms with Crippen LogP contribution in [0.4, 0.5) is 0 Å². The van der Waals surface area contributed by atoms with Gasteiger partial charge < -0.3 is 0 Å². The van der Waals surface area contributed by atoms with Crippen LogP contribution in [0.25, 0.3) is 0 Å². The average Bonchev–Trinajstić information content (AvgIpc) is 0. The lowest BCUT2D eigenvalue weighted by Gasteiger charge is -0.148. The maximum absolute atomic E-state index is 0. The van der Waals surface area contributed by atoms with Gasteiger partial charge in [-0.25, -0.2) is 0 Å². The molecule has 0 saturated heterocycles. The first-order chi connectivity index (χ1) is 0. The van der Waals surface area contributed by atoms with E-state index in [2.05, 4.69) is 0 Å². The second-order valence-electron chi connectivity index (χ2n) is 0. The van der Waals surface area contributed by atoms with Crippen LogP contribution in [0.15, 0.2) is 0 Å². The van der Waals surface area contributed by atoms with Gasteiger partial charge in [-0.1, -0.05) is 14.9 Å². The summed E-state index contributed by atoms with van der Waals surface area (Å²) in [4.78, 5) is 0. The second kappa shape index (κ2) is 96.4. The third kappa shape index (κ3) is 53.0. The Kier molecular flexibility index (Phi) is 3540. The Hall–Kier alpha value is 0.870. The third-order valence-electron chi connectivity index (χ3n) is 0. The van der Waals surface area contributed by atoms with Gasteiger partial charge in [0.05, 0.1) is 0 Å². The lowest BCUT2D eigenvalue weighted by molar-refractivity contribution is 2.50. The van der Waals surface area contributed by atoms with Gasteiger partial charge in [0, 0.05) is 0 Å². The standard InChI is InChI=1S/2CH4.3ClH/h2*1H4;3*1H. The molecular weight excluding hydrogens is 130 g/mol. The van der Waals surface area contributed by atoms with Crippen LogP contribution in [0, 0.1) is 0 Å². The van der Waals surface area contributed by atoms with E-state index < -0.39 is 0 Å². The summed E-state index contributed by atoms with van der Waals surface area (Å²) in [6, 6.07) is 0. The minimum atomic E-state index is 0. The molecule has 0 aliphatic rings. The first-order valence-corrected chi connectivity index (χ1v) is 0. The predicted molar refractivity (Wildman–Crippen MR) is 35.2 cm³/mol. The molecule has 0 saturated carbocycles. The van der Waals surface area contributed by atoms with E-state index in [-0.39, 0.29) is 52.1 Å². The predicted octanol–water partition coefficient (Wildman–Crippen LogP) is 2.54. The molecule has 40 valence electrons. The molecule has 0 aromatic carbocycles. The van der Waals surface area contributed by atoms with E-state index in [9.17, 15) is 0 Å². The van der Waals surface area contributed by atoms with Crippen molar-refractivity contribution in [1.82, 2.24) is 0 Å². The van der Waals surface area contributed by atoms with E-state index >= 15 is 0 Å². The fourth-order valence-corrected chi connectivity index (χ4v) is 0. The van der Waals surface area contributed by atoms with Gasteiger partial charge in [-0.3, -0.25) is 0 Å². The summed E-state index contributed by atoms with van der Waals surface area (Å²) in [5.41, 5.74) is 0. The molecule has 0 spiro atoms. The van der Waals surface area contributed by atoms with Gasteiger partial charge in [-0.05, 0) is 0 Å². The van der Waals surface area contributed by atoms with Gasteiger partial charge in [-0.15, -0.1) is 37.2 Å². The molecule has 0 unspecified atom stereocenters. The normalized spacial score (nSPS) is 0. The smallest absolute Gasteiger partial charge is 0.0776 e. The van der Waals surface area contributed by atoms with E-state index in [0.29, 0.717) is 0 Å². The molecule has 0 nitrogen and oxygen atoms in total. The van der Waals surface area contributed by atoms with Crippen LogP contribution < -0.4 is 0 Å². The van der Waals surface area contributed by atoms with Gasteiger partial charge in [0.15, 0.2) is 0 Å². The molecule has 0 amide bonds. The topological polar surface area (TPSA) is 0 Å². The van der Waals surface area contributed by atoms with Crippen molar-refractivity contribution in [1.29, 1.82) is 0 Å². The molecule has 5 heavy (non-hydrogen) atoms. The van der Waals surface area contributed by atoms with E-state index in [1.165, 1.54) is 0 Å². The van der Waals surface area contributed by atoms with Gasteiger partial charge in [0.1, 0.15) is 0 Å². The van der Waals surface area contributed by atoms with Crippen molar-refractivity contribution in [2.75, 3.05) is 0 Å². The monoisotopic (exact) mass is 140 g/mol.